The van der Waals surface area contributed by atoms with Gasteiger partial charge in [0.1, 0.15) is 17.0 Å². The quantitative estimate of drug-likeness (QED) is 0.467. The lowest BCUT2D eigenvalue weighted by molar-refractivity contribution is -0.122. The van der Waals surface area contributed by atoms with Crippen molar-refractivity contribution in [3.63, 3.8) is 0 Å². The lowest BCUT2D eigenvalue weighted by Gasteiger charge is -2.33. The van der Waals surface area contributed by atoms with Gasteiger partial charge in [0, 0.05) is 28.9 Å². The molecule has 0 bridgehead atoms. The van der Waals surface area contributed by atoms with Crippen LogP contribution in [0, 0.1) is 19.3 Å². The first-order valence-corrected chi connectivity index (χ1v) is 11.6. The lowest BCUT2D eigenvalue weighted by Crippen LogP contribution is -2.46. The fourth-order valence-electron chi connectivity index (χ4n) is 4.35. The van der Waals surface area contributed by atoms with Crippen LogP contribution in [0.2, 0.25) is 0 Å². The highest BCUT2D eigenvalue weighted by molar-refractivity contribution is 7.19. The summed E-state index contributed by atoms with van der Waals surface area (Å²) in [6.45, 7) is 15.5. The number of fused-ring (bicyclic) bond motifs is 1. The second-order valence-corrected chi connectivity index (χ2v) is 11.4. The van der Waals surface area contributed by atoms with Gasteiger partial charge in [0.25, 0.3) is 0 Å². The average Bonchev–Trinajstić information content (AvgIpc) is 2.96. The Morgan fingerprint density at radius 1 is 1.03 bits per heavy atom. The molecule has 0 fully saturated rings. The van der Waals surface area contributed by atoms with E-state index in [-0.39, 0.29) is 16.9 Å². The van der Waals surface area contributed by atoms with Crippen molar-refractivity contribution in [2.45, 2.75) is 66.8 Å². The van der Waals surface area contributed by atoms with E-state index < -0.39 is 0 Å². The van der Waals surface area contributed by atoms with Crippen LogP contribution >= 0.6 is 11.3 Å². The Balaban J connectivity index is 1.74. The fourth-order valence-corrected chi connectivity index (χ4v) is 5.36. The Labute approximate surface area is 189 Å². The van der Waals surface area contributed by atoms with Crippen molar-refractivity contribution in [3.8, 4) is 11.1 Å². The molecule has 0 radical (unpaired) electrons. The fraction of sp³-hybridized carbons (Fsp3) is 0.480. The largest absolute Gasteiger partial charge is 0.369 e. The van der Waals surface area contributed by atoms with E-state index in [9.17, 15) is 4.79 Å². The number of hydrogen-bond donors (Lipinski definition) is 2. The molecular weight excluding hydrogens is 404 g/mol. The van der Waals surface area contributed by atoms with Crippen LogP contribution in [0.5, 0.6) is 0 Å². The van der Waals surface area contributed by atoms with Gasteiger partial charge in [-0.1, -0.05) is 50.6 Å². The van der Waals surface area contributed by atoms with E-state index in [1.165, 1.54) is 16.0 Å². The van der Waals surface area contributed by atoms with Gasteiger partial charge >= 0.3 is 0 Å². The summed E-state index contributed by atoms with van der Waals surface area (Å²) in [5.74, 6) is 0.832. The van der Waals surface area contributed by atoms with Crippen molar-refractivity contribution < 1.29 is 4.79 Å². The van der Waals surface area contributed by atoms with Gasteiger partial charge in [0.15, 0.2) is 0 Å². The predicted octanol–water partition coefficient (Wildman–Crippen LogP) is 6.11. The number of benzene rings is 1. The number of aryl methyl sites for hydroxylation is 2. The minimum Gasteiger partial charge on any atom is -0.369 e. The van der Waals surface area contributed by atoms with Crippen LogP contribution in [0.15, 0.2) is 30.6 Å². The molecule has 31 heavy (non-hydrogen) atoms. The number of amides is 1. The van der Waals surface area contributed by atoms with Gasteiger partial charge in [-0.3, -0.25) is 4.79 Å². The third-order valence-electron chi connectivity index (χ3n) is 5.10. The molecule has 1 amide bonds. The van der Waals surface area contributed by atoms with Gasteiger partial charge in [-0.15, -0.1) is 11.3 Å². The molecule has 0 saturated carbocycles. The third-order valence-corrected chi connectivity index (χ3v) is 6.11. The Bertz CT molecular complexity index is 1060. The van der Waals surface area contributed by atoms with Crippen molar-refractivity contribution >= 4 is 33.3 Å². The van der Waals surface area contributed by atoms with Gasteiger partial charge in [0.05, 0.1) is 5.39 Å². The molecule has 1 aromatic carbocycles. The van der Waals surface area contributed by atoms with Crippen LogP contribution in [-0.4, -0.2) is 28.0 Å². The highest BCUT2D eigenvalue weighted by atomic mass is 32.1. The van der Waals surface area contributed by atoms with E-state index in [2.05, 4.69) is 93.3 Å². The van der Waals surface area contributed by atoms with Crippen LogP contribution in [-0.2, 0) is 4.79 Å². The normalized spacial score (nSPS) is 12.2. The van der Waals surface area contributed by atoms with Crippen molar-refractivity contribution in [2.24, 2.45) is 5.41 Å². The van der Waals surface area contributed by atoms with Gasteiger partial charge in [-0.25, -0.2) is 9.97 Å². The van der Waals surface area contributed by atoms with Crippen molar-refractivity contribution in [3.05, 3.63) is 41.0 Å². The summed E-state index contributed by atoms with van der Waals surface area (Å²) in [6.07, 6.45) is 2.90. The summed E-state index contributed by atoms with van der Waals surface area (Å²) in [5, 5.41) is 7.59. The van der Waals surface area contributed by atoms with E-state index in [0.29, 0.717) is 13.0 Å². The SMILES string of the molecule is Cc1ccc(-c2c(C)sc3ncnc(NCCC(=O)NC(C)(C)CC(C)(C)C)c23)cc1. The maximum atomic E-state index is 12.5. The molecule has 2 heterocycles. The number of carbonyl (C=O) groups excluding carboxylic acids is 1. The molecule has 0 saturated heterocycles. The first-order valence-electron chi connectivity index (χ1n) is 10.8. The zero-order valence-corrected chi connectivity index (χ0v) is 20.5. The molecule has 0 aliphatic rings. The van der Waals surface area contributed by atoms with Gasteiger partial charge < -0.3 is 10.6 Å². The first-order chi connectivity index (χ1) is 14.5. The molecule has 3 rings (SSSR count). The number of aromatic nitrogens is 2. The number of nitrogens with one attached hydrogen (secondary N) is 2. The zero-order chi connectivity index (χ0) is 22.8. The minimum absolute atomic E-state index is 0.0484. The monoisotopic (exact) mass is 438 g/mol. The number of nitrogens with zero attached hydrogens (tertiary/aromatic N) is 2. The Hall–Kier alpha value is -2.47. The van der Waals surface area contributed by atoms with Gasteiger partial charge in [-0.2, -0.15) is 0 Å². The van der Waals surface area contributed by atoms with Crippen LogP contribution in [0.4, 0.5) is 5.82 Å². The summed E-state index contributed by atoms with van der Waals surface area (Å²) in [6, 6.07) is 8.54. The standard InChI is InChI=1S/C25H34N4OS/c1-16-8-10-18(11-9-16)20-17(2)31-23-21(20)22(27-15-28-23)26-13-12-19(30)29-25(6,7)14-24(3,4)5/h8-11,15H,12-14H2,1-7H3,(H,29,30)(H,26,27,28). The van der Waals surface area contributed by atoms with Crippen LogP contribution in [0.25, 0.3) is 21.3 Å². The van der Waals surface area contributed by atoms with Crippen molar-refractivity contribution in [1.29, 1.82) is 0 Å². The predicted molar refractivity (Wildman–Crippen MR) is 132 cm³/mol. The molecule has 5 nitrogen and oxygen atoms in total. The number of rotatable bonds is 7. The maximum Gasteiger partial charge on any atom is 0.222 e. The summed E-state index contributed by atoms with van der Waals surface area (Å²) in [5.41, 5.74) is 3.48. The minimum atomic E-state index is -0.236. The molecule has 166 valence electrons. The average molecular weight is 439 g/mol. The second kappa shape index (κ2) is 8.95. The first kappa shape index (κ1) is 23.2. The molecule has 0 spiro atoms. The molecule has 0 atom stereocenters. The summed E-state index contributed by atoms with van der Waals surface area (Å²) in [4.78, 5) is 23.7. The maximum absolute atomic E-state index is 12.5. The number of carbonyl (C=O) groups is 1. The van der Waals surface area contributed by atoms with Crippen LogP contribution in [0.3, 0.4) is 0 Å². The molecule has 2 aromatic heterocycles. The highest BCUT2D eigenvalue weighted by Crippen LogP contribution is 2.40. The number of anilines is 1. The molecule has 6 heteroatoms. The van der Waals surface area contributed by atoms with E-state index in [0.717, 1.165) is 28.0 Å². The van der Waals surface area contributed by atoms with Crippen LogP contribution < -0.4 is 10.6 Å². The second-order valence-electron chi connectivity index (χ2n) is 10.1. The molecule has 3 aromatic rings. The summed E-state index contributed by atoms with van der Waals surface area (Å²) >= 11 is 1.67. The Morgan fingerprint density at radius 3 is 2.35 bits per heavy atom. The highest BCUT2D eigenvalue weighted by Gasteiger charge is 2.26. The molecular formula is C25H34N4OS. The van der Waals surface area contributed by atoms with E-state index >= 15 is 0 Å². The third kappa shape index (κ3) is 6.03. The van der Waals surface area contributed by atoms with Gasteiger partial charge in [-0.05, 0) is 45.1 Å². The zero-order valence-electron chi connectivity index (χ0n) is 19.7. The van der Waals surface area contributed by atoms with Gasteiger partial charge in [0.2, 0.25) is 5.91 Å². The number of thiophene rings is 1. The van der Waals surface area contributed by atoms with E-state index in [4.69, 9.17) is 0 Å². The topological polar surface area (TPSA) is 66.9 Å². The Kier molecular flexibility index (Phi) is 6.70. The van der Waals surface area contributed by atoms with Crippen molar-refractivity contribution in [2.75, 3.05) is 11.9 Å². The molecule has 0 unspecified atom stereocenters. The summed E-state index contributed by atoms with van der Waals surface area (Å²) < 4.78 is 0. The van der Waals surface area contributed by atoms with E-state index in [1.54, 1.807) is 17.7 Å². The molecule has 0 aliphatic carbocycles. The summed E-state index contributed by atoms with van der Waals surface area (Å²) in [7, 11) is 0. The van der Waals surface area contributed by atoms with E-state index in [1.807, 2.05) is 0 Å². The smallest absolute Gasteiger partial charge is 0.222 e. The van der Waals surface area contributed by atoms with Crippen molar-refractivity contribution in [1.82, 2.24) is 15.3 Å². The van der Waals surface area contributed by atoms with Crippen LogP contribution in [0.1, 0.15) is 57.9 Å². The Morgan fingerprint density at radius 2 is 1.71 bits per heavy atom. The number of hydrogen-bond acceptors (Lipinski definition) is 5. The molecule has 2 N–H and O–H groups in total. The molecule has 0 aliphatic heterocycles. The lowest BCUT2D eigenvalue weighted by atomic mass is 9.82.